The first-order valence-electron chi connectivity index (χ1n) is 11.9. The number of carbonyl (C=O) groups is 1. The number of amides is 1. The molecule has 2 heterocycles. The second-order valence-electron chi connectivity index (χ2n) is 9.17. The zero-order valence-corrected chi connectivity index (χ0v) is 20.4. The van der Waals surface area contributed by atoms with E-state index >= 15 is 0 Å². The number of methoxy groups -OCH3 is 1. The van der Waals surface area contributed by atoms with Crippen LogP contribution in [0.5, 0.6) is 5.75 Å². The Hall–Kier alpha value is -3.11. The number of rotatable bonds is 9. The summed E-state index contributed by atoms with van der Waals surface area (Å²) in [6, 6.07) is 12.1. The van der Waals surface area contributed by atoms with Crippen molar-refractivity contribution in [1.82, 2.24) is 14.2 Å². The first kappa shape index (κ1) is 23.6. The zero-order chi connectivity index (χ0) is 24.6. The smallest absolute Gasteiger partial charge is 0.419 e. The van der Waals surface area contributed by atoms with Crippen molar-refractivity contribution in [2.45, 2.75) is 49.6 Å². The number of benzene rings is 2. The van der Waals surface area contributed by atoms with Gasteiger partial charge in [-0.25, -0.2) is 13.2 Å². The van der Waals surface area contributed by atoms with E-state index in [1.807, 2.05) is 24.3 Å². The minimum absolute atomic E-state index is 0.0791. The van der Waals surface area contributed by atoms with E-state index < -0.39 is 15.8 Å². The number of hydrogen-bond donors (Lipinski definition) is 1. The topological polar surface area (TPSA) is 111 Å². The van der Waals surface area contributed by atoms with Gasteiger partial charge in [-0.1, -0.05) is 12.1 Å². The number of carbonyl (C=O) groups excluding carboxylic acids is 1. The van der Waals surface area contributed by atoms with Crippen molar-refractivity contribution in [2.75, 3.05) is 20.2 Å². The van der Waals surface area contributed by atoms with E-state index in [1.165, 1.54) is 21.0 Å². The number of aromatic nitrogens is 1. The van der Waals surface area contributed by atoms with Gasteiger partial charge < -0.3 is 14.5 Å². The van der Waals surface area contributed by atoms with Crippen molar-refractivity contribution < 1.29 is 22.4 Å². The van der Waals surface area contributed by atoms with Crippen molar-refractivity contribution in [3.05, 3.63) is 58.6 Å². The molecule has 35 heavy (non-hydrogen) atoms. The van der Waals surface area contributed by atoms with Crippen LogP contribution in [0.1, 0.15) is 43.7 Å². The fourth-order valence-corrected chi connectivity index (χ4v) is 6.20. The Labute approximate surface area is 203 Å². The number of sulfonamides is 1. The molecule has 0 bridgehead atoms. The quantitative estimate of drug-likeness (QED) is 0.485. The summed E-state index contributed by atoms with van der Waals surface area (Å²) in [5.41, 5.74) is 1.70. The lowest BCUT2D eigenvalue weighted by atomic mass is 10.0. The van der Waals surface area contributed by atoms with E-state index in [0.29, 0.717) is 24.5 Å². The second kappa shape index (κ2) is 9.50. The van der Waals surface area contributed by atoms with Gasteiger partial charge in [-0.15, -0.1) is 0 Å². The fraction of sp³-hybridized carbons (Fsp3) is 0.440. The summed E-state index contributed by atoms with van der Waals surface area (Å²) in [5, 5.41) is 3.11. The number of nitrogens with zero attached hydrogens (tertiary/aromatic N) is 2. The third kappa shape index (κ3) is 4.85. The standard InChI is InChI=1S/C25H29N3O6S/c1-33-19-8-6-18(7-9-19)24(17-4-5-17)26-23(29)12-15-28-21-11-10-20(16-22(21)34-25(28)30)35(31,32)27-13-2-3-14-27/h6-11,16-17,24H,2-5,12-15H2,1H3,(H,26,29). The summed E-state index contributed by atoms with van der Waals surface area (Å²) < 4.78 is 39.1. The number of fused-ring (bicyclic) bond motifs is 1. The maximum Gasteiger partial charge on any atom is 0.419 e. The van der Waals surface area contributed by atoms with Gasteiger partial charge in [-0.05, 0) is 61.4 Å². The van der Waals surface area contributed by atoms with Gasteiger partial charge in [0.1, 0.15) is 5.75 Å². The van der Waals surface area contributed by atoms with Crippen molar-refractivity contribution in [3.63, 3.8) is 0 Å². The van der Waals surface area contributed by atoms with Crippen molar-refractivity contribution >= 4 is 27.0 Å². The second-order valence-corrected chi connectivity index (χ2v) is 11.1. The van der Waals surface area contributed by atoms with Crippen LogP contribution in [0.3, 0.4) is 0 Å². The first-order valence-corrected chi connectivity index (χ1v) is 13.4. The van der Waals surface area contributed by atoms with Crippen molar-refractivity contribution in [3.8, 4) is 5.75 Å². The molecule has 1 saturated carbocycles. The predicted molar refractivity (Wildman–Crippen MR) is 130 cm³/mol. The highest BCUT2D eigenvalue weighted by molar-refractivity contribution is 7.89. The first-order chi connectivity index (χ1) is 16.9. The zero-order valence-electron chi connectivity index (χ0n) is 19.6. The average Bonchev–Trinajstić information content (AvgIpc) is 3.43. The molecule has 1 N–H and O–H groups in total. The summed E-state index contributed by atoms with van der Waals surface area (Å²) in [4.78, 5) is 25.4. The van der Waals surface area contributed by atoms with Gasteiger partial charge >= 0.3 is 5.76 Å². The predicted octanol–water partition coefficient (Wildman–Crippen LogP) is 3.05. The van der Waals surface area contributed by atoms with E-state index in [1.54, 1.807) is 13.2 Å². The van der Waals surface area contributed by atoms with Gasteiger partial charge in [-0.2, -0.15) is 4.31 Å². The molecule has 2 aliphatic rings. The number of nitrogens with one attached hydrogen (secondary N) is 1. The SMILES string of the molecule is COc1ccc(C(NC(=O)CCn2c(=O)oc3cc(S(=O)(=O)N4CCCC4)ccc32)C2CC2)cc1. The third-order valence-electron chi connectivity index (χ3n) is 6.79. The van der Waals surface area contributed by atoms with Gasteiger partial charge in [0.2, 0.25) is 15.9 Å². The molecule has 3 aromatic rings. The third-order valence-corrected chi connectivity index (χ3v) is 8.68. The Bertz CT molecular complexity index is 1380. The molecule has 0 spiro atoms. The molecule has 1 aromatic heterocycles. The maximum atomic E-state index is 12.8. The van der Waals surface area contributed by atoms with E-state index in [4.69, 9.17) is 9.15 Å². The summed E-state index contributed by atoms with van der Waals surface area (Å²) in [6.45, 7) is 1.13. The molecule has 1 aliphatic carbocycles. The van der Waals surface area contributed by atoms with Crippen LogP contribution >= 0.6 is 0 Å². The normalized spacial score (nSPS) is 17.5. The van der Waals surface area contributed by atoms with E-state index in [9.17, 15) is 18.0 Å². The van der Waals surface area contributed by atoms with Gasteiger partial charge in [0.05, 0.1) is 23.6 Å². The minimum atomic E-state index is -3.62. The summed E-state index contributed by atoms with van der Waals surface area (Å²) in [7, 11) is -2.00. The van der Waals surface area contributed by atoms with Crippen LogP contribution in [-0.2, 0) is 21.4 Å². The van der Waals surface area contributed by atoms with Crippen LogP contribution in [0, 0.1) is 5.92 Å². The Morgan fingerprint density at radius 3 is 2.51 bits per heavy atom. The molecule has 0 radical (unpaired) electrons. The maximum absolute atomic E-state index is 12.8. The summed E-state index contributed by atoms with van der Waals surface area (Å²) in [6.07, 6.45) is 3.91. The largest absolute Gasteiger partial charge is 0.497 e. The lowest BCUT2D eigenvalue weighted by Crippen LogP contribution is -2.31. The minimum Gasteiger partial charge on any atom is -0.497 e. The molecule has 1 atom stereocenters. The van der Waals surface area contributed by atoms with Crippen LogP contribution in [0.15, 0.2) is 56.6 Å². The van der Waals surface area contributed by atoms with Gasteiger partial charge in [0.15, 0.2) is 5.58 Å². The van der Waals surface area contributed by atoms with E-state index in [-0.39, 0.29) is 35.4 Å². The highest BCUT2D eigenvalue weighted by atomic mass is 32.2. The highest BCUT2D eigenvalue weighted by Crippen LogP contribution is 2.41. The molecule has 9 nitrogen and oxygen atoms in total. The molecule has 10 heteroatoms. The Balaban J connectivity index is 1.29. The van der Waals surface area contributed by atoms with E-state index in [2.05, 4.69) is 5.32 Å². The molecular formula is C25H29N3O6S. The molecule has 186 valence electrons. The molecule has 2 fully saturated rings. The molecule has 1 aliphatic heterocycles. The Kier molecular flexibility index (Phi) is 6.41. The van der Waals surface area contributed by atoms with Crippen LogP contribution < -0.4 is 15.8 Å². The lowest BCUT2D eigenvalue weighted by Gasteiger charge is -2.19. The highest BCUT2D eigenvalue weighted by Gasteiger charge is 2.33. The Morgan fingerprint density at radius 1 is 1.14 bits per heavy atom. The molecule has 2 aromatic carbocycles. The molecule has 1 unspecified atom stereocenters. The molecular weight excluding hydrogens is 470 g/mol. The van der Waals surface area contributed by atoms with Crippen molar-refractivity contribution in [1.29, 1.82) is 0 Å². The number of oxazole rings is 1. The van der Waals surface area contributed by atoms with Crippen LogP contribution in [0.25, 0.3) is 11.1 Å². The number of ether oxygens (including phenoxy) is 1. The lowest BCUT2D eigenvalue weighted by molar-refractivity contribution is -0.122. The van der Waals surface area contributed by atoms with E-state index in [0.717, 1.165) is 37.0 Å². The molecule has 1 saturated heterocycles. The van der Waals surface area contributed by atoms with Gasteiger partial charge in [0.25, 0.3) is 0 Å². The summed E-state index contributed by atoms with van der Waals surface area (Å²) in [5.74, 6) is 0.391. The average molecular weight is 500 g/mol. The summed E-state index contributed by atoms with van der Waals surface area (Å²) >= 11 is 0. The van der Waals surface area contributed by atoms with Crippen LogP contribution in [0.4, 0.5) is 0 Å². The fourth-order valence-electron chi connectivity index (χ4n) is 4.67. The van der Waals surface area contributed by atoms with Crippen LogP contribution in [-0.4, -0.2) is 43.4 Å². The Morgan fingerprint density at radius 2 is 1.86 bits per heavy atom. The van der Waals surface area contributed by atoms with Crippen LogP contribution in [0.2, 0.25) is 0 Å². The van der Waals surface area contributed by atoms with Gasteiger partial charge in [0, 0.05) is 32.1 Å². The number of hydrogen-bond acceptors (Lipinski definition) is 6. The van der Waals surface area contributed by atoms with Crippen molar-refractivity contribution in [2.24, 2.45) is 5.92 Å². The van der Waals surface area contributed by atoms with Gasteiger partial charge in [-0.3, -0.25) is 9.36 Å². The monoisotopic (exact) mass is 499 g/mol. The molecule has 5 rings (SSSR count). The number of aryl methyl sites for hydroxylation is 1. The molecule has 1 amide bonds.